The fourth-order valence-electron chi connectivity index (χ4n) is 4.75. The molecule has 4 aromatic rings. The van der Waals surface area contributed by atoms with E-state index in [1.807, 2.05) is 11.1 Å². The van der Waals surface area contributed by atoms with Gasteiger partial charge in [0.05, 0.1) is 29.1 Å². The normalized spacial score (nSPS) is 15.2. The number of rotatable bonds is 6. The Morgan fingerprint density at radius 3 is 2.74 bits per heavy atom. The van der Waals surface area contributed by atoms with E-state index in [1.54, 1.807) is 25.1 Å². The van der Waals surface area contributed by atoms with Gasteiger partial charge in [0.2, 0.25) is 0 Å². The summed E-state index contributed by atoms with van der Waals surface area (Å²) in [4.78, 5) is 16.1. The minimum absolute atomic E-state index is 0.0294. The molecule has 4 heterocycles. The topological polar surface area (TPSA) is 81.2 Å². The van der Waals surface area contributed by atoms with Gasteiger partial charge >= 0.3 is 0 Å². The zero-order valence-corrected chi connectivity index (χ0v) is 22.0. The van der Waals surface area contributed by atoms with Crippen LogP contribution in [0.5, 0.6) is 0 Å². The van der Waals surface area contributed by atoms with E-state index in [1.165, 1.54) is 24.2 Å². The largest absolute Gasteiger partial charge is 0.375 e. The van der Waals surface area contributed by atoms with Crippen molar-refractivity contribution in [1.82, 2.24) is 25.3 Å². The van der Waals surface area contributed by atoms with E-state index in [2.05, 4.69) is 37.4 Å². The quantitative estimate of drug-likeness (QED) is 0.255. The number of likely N-dealkylation sites (N-methyl/N-ethyl adjacent to an activating group) is 1. The second-order valence-electron chi connectivity index (χ2n) is 9.32. The molecule has 0 fully saturated rings. The molecule has 6 rings (SSSR count). The van der Waals surface area contributed by atoms with Crippen molar-refractivity contribution in [2.75, 3.05) is 35.2 Å². The summed E-state index contributed by atoms with van der Waals surface area (Å²) in [6.45, 7) is 3.34. The molecule has 0 spiro atoms. The highest BCUT2D eigenvalue weighted by Gasteiger charge is 2.29. The molecule has 0 amide bonds. The second-order valence-corrected chi connectivity index (χ2v) is 10.2. The standard InChI is InChI=1S/C27H25F3N8S/c1-15-16(28)5-3-7-22(15)39-36-18-9-8-17(29)25(24(18)30)35-27-26-19(31-14-32-27)10-11-23(34-26)38-20-6-4-12-37(2)21(20)13-33-38/h3,5,7-11,14,33,36H,4,6,12-13H2,1-2H3,(H,31,32,35). The Bertz CT molecular complexity index is 1610. The Morgan fingerprint density at radius 2 is 1.87 bits per heavy atom. The average Bonchev–Trinajstić information content (AvgIpc) is 3.38. The predicted octanol–water partition coefficient (Wildman–Crippen LogP) is 5.88. The van der Waals surface area contributed by atoms with Gasteiger partial charge in [0, 0.05) is 24.1 Å². The maximum absolute atomic E-state index is 15.5. The fourth-order valence-corrected chi connectivity index (χ4v) is 5.52. The molecule has 0 saturated carbocycles. The number of anilines is 4. The van der Waals surface area contributed by atoms with E-state index in [4.69, 9.17) is 4.98 Å². The minimum atomic E-state index is -0.847. The summed E-state index contributed by atoms with van der Waals surface area (Å²) in [5.41, 5.74) is 6.73. The number of hydrazine groups is 1. The number of pyridine rings is 1. The monoisotopic (exact) mass is 550 g/mol. The number of nitrogens with one attached hydrogen (secondary N) is 3. The highest BCUT2D eigenvalue weighted by molar-refractivity contribution is 8.00. The Hall–Kier alpha value is -4.03. The second kappa shape index (κ2) is 10.3. The van der Waals surface area contributed by atoms with Gasteiger partial charge in [-0.15, -0.1) is 0 Å². The minimum Gasteiger partial charge on any atom is -0.375 e. The first kappa shape index (κ1) is 25.3. The van der Waals surface area contributed by atoms with Gasteiger partial charge in [-0.2, -0.15) is 0 Å². The van der Waals surface area contributed by atoms with Crippen LogP contribution in [0.25, 0.3) is 11.0 Å². The predicted molar refractivity (Wildman–Crippen MR) is 147 cm³/mol. The van der Waals surface area contributed by atoms with Crippen LogP contribution in [0, 0.1) is 24.4 Å². The number of fused-ring (bicyclic) bond motifs is 1. The maximum atomic E-state index is 15.5. The van der Waals surface area contributed by atoms with E-state index in [0.717, 1.165) is 43.1 Å². The summed E-state index contributed by atoms with van der Waals surface area (Å²) in [7, 11) is 2.08. The summed E-state index contributed by atoms with van der Waals surface area (Å²) >= 11 is 1.04. The first-order valence-corrected chi connectivity index (χ1v) is 13.2. The summed E-state index contributed by atoms with van der Waals surface area (Å²) < 4.78 is 47.1. The molecule has 0 saturated heterocycles. The van der Waals surface area contributed by atoms with Gasteiger partial charge in [-0.05, 0) is 68.1 Å². The van der Waals surface area contributed by atoms with Gasteiger partial charge in [-0.25, -0.2) is 33.5 Å². The average molecular weight is 551 g/mol. The van der Waals surface area contributed by atoms with Crippen LogP contribution in [0.1, 0.15) is 18.4 Å². The Labute approximate surface area is 227 Å². The number of benzene rings is 2. The molecule has 2 aromatic heterocycles. The Balaban J connectivity index is 1.31. The first-order valence-electron chi connectivity index (χ1n) is 12.4. The van der Waals surface area contributed by atoms with E-state index in [9.17, 15) is 8.78 Å². The summed E-state index contributed by atoms with van der Waals surface area (Å²) in [6, 6.07) is 10.7. The molecule has 200 valence electrons. The van der Waals surface area contributed by atoms with E-state index >= 15 is 4.39 Å². The Morgan fingerprint density at radius 1 is 1.00 bits per heavy atom. The number of halogens is 3. The van der Waals surface area contributed by atoms with Crippen LogP contribution in [0.15, 0.2) is 65.1 Å². The van der Waals surface area contributed by atoms with Gasteiger partial charge in [0.15, 0.2) is 11.6 Å². The molecule has 8 nitrogen and oxygen atoms in total. The van der Waals surface area contributed by atoms with Crippen LogP contribution >= 0.6 is 11.9 Å². The van der Waals surface area contributed by atoms with Crippen LogP contribution in [0.3, 0.4) is 0 Å². The highest BCUT2D eigenvalue weighted by atomic mass is 32.2. The number of hydrogen-bond donors (Lipinski definition) is 3. The van der Waals surface area contributed by atoms with Crippen molar-refractivity contribution >= 4 is 46.0 Å². The molecule has 0 aliphatic carbocycles. The number of nitrogens with zero attached hydrogens (tertiary/aromatic N) is 5. The Kier molecular flexibility index (Phi) is 6.65. The smallest absolute Gasteiger partial charge is 0.173 e. The third-order valence-electron chi connectivity index (χ3n) is 6.90. The molecule has 39 heavy (non-hydrogen) atoms. The van der Waals surface area contributed by atoms with Crippen molar-refractivity contribution < 1.29 is 13.2 Å². The lowest BCUT2D eigenvalue weighted by Crippen LogP contribution is -2.32. The van der Waals surface area contributed by atoms with Gasteiger partial charge in [0.1, 0.15) is 35.0 Å². The van der Waals surface area contributed by atoms with Crippen molar-refractivity contribution in [3.8, 4) is 0 Å². The van der Waals surface area contributed by atoms with Crippen molar-refractivity contribution in [1.29, 1.82) is 0 Å². The maximum Gasteiger partial charge on any atom is 0.173 e. The summed E-state index contributed by atoms with van der Waals surface area (Å²) in [6.07, 6.45) is 3.28. The zero-order valence-electron chi connectivity index (χ0n) is 21.2. The van der Waals surface area contributed by atoms with Crippen LogP contribution in [-0.2, 0) is 0 Å². The number of aromatic nitrogens is 3. The zero-order chi connectivity index (χ0) is 27.1. The third kappa shape index (κ3) is 4.70. The molecule has 0 unspecified atom stereocenters. The lowest BCUT2D eigenvalue weighted by molar-refractivity contribution is 0.380. The number of allylic oxidation sites excluding steroid dienone is 1. The van der Waals surface area contributed by atoms with Gasteiger partial charge in [-0.3, -0.25) is 5.01 Å². The molecule has 2 aliphatic heterocycles. The molecular weight excluding hydrogens is 525 g/mol. The van der Waals surface area contributed by atoms with Crippen LogP contribution < -0.4 is 20.5 Å². The highest BCUT2D eigenvalue weighted by Crippen LogP contribution is 2.35. The van der Waals surface area contributed by atoms with Crippen molar-refractivity contribution in [2.24, 2.45) is 0 Å². The van der Waals surface area contributed by atoms with Crippen LogP contribution in [-0.4, -0.2) is 40.0 Å². The molecule has 0 atom stereocenters. The van der Waals surface area contributed by atoms with Crippen molar-refractivity contribution in [3.63, 3.8) is 0 Å². The molecule has 2 aliphatic rings. The first-order chi connectivity index (χ1) is 18.9. The van der Waals surface area contributed by atoms with Crippen molar-refractivity contribution in [2.45, 2.75) is 24.7 Å². The van der Waals surface area contributed by atoms with Crippen molar-refractivity contribution in [3.05, 3.63) is 83.2 Å². The summed E-state index contributed by atoms with van der Waals surface area (Å²) in [5.74, 6) is -1.20. The number of hydrogen-bond acceptors (Lipinski definition) is 9. The molecule has 0 bridgehead atoms. The lowest BCUT2D eigenvalue weighted by atomic mass is 10.1. The van der Waals surface area contributed by atoms with Gasteiger partial charge in [-0.1, -0.05) is 6.07 Å². The molecule has 0 radical (unpaired) electrons. The molecule has 2 aromatic carbocycles. The van der Waals surface area contributed by atoms with E-state index < -0.39 is 11.6 Å². The van der Waals surface area contributed by atoms with Crippen LogP contribution in [0.4, 0.5) is 36.2 Å². The third-order valence-corrected chi connectivity index (χ3v) is 7.88. The van der Waals surface area contributed by atoms with E-state index in [0.29, 0.717) is 33.9 Å². The van der Waals surface area contributed by atoms with Gasteiger partial charge < -0.3 is 14.9 Å². The molecule has 12 heteroatoms. The fraction of sp³-hybridized carbons (Fsp3) is 0.222. The van der Waals surface area contributed by atoms with E-state index in [-0.39, 0.29) is 23.0 Å². The van der Waals surface area contributed by atoms with Gasteiger partial charge in [0.25, 0.3) is 0 Å². The molecular formula is C27H25F3N8S. The lowest BCUT2D eigenvalue weighted by Gasteiger charge is -2.28. The SMILES string of the molecule is Cc1c(F)cccc1SNc1ccc(F)c(Nc2ncnc3ccc(N4NCC5=C4CCCN5C)nc23)c1F. The summed E-state index contributed by atoms with van der Waals surface area (Å²) in [5, 5.41) is 4.75. The van der Waals surface area contributed by atoms with Crippen LogP contribution in [0.2, 0.25) is 0 Å². The molecule has 3 N–H and O–H groups in total.